The van der Waals surface area contributed by atoms with Crippen LogP contribution >= 0.6 is 0 Å². The zero-order valence-electron chi connectivity index (χ0n) is 15.2. The van der Waals surface area contributed by atoms with Crippen molar-refractivity contribution in [2.75, 3.05) is 7.05 Å². The van der Waals surface area contributed by atoms with Crippen LogP contribution in [-0.2, 0) is 11.3 Å². The molecule has 1 unspecified atom stereocenters. The minimum atomic E-state index is -0.186. The molecule has 0 aliphatic heterocycles. The van der Waals surface area contributed by atoms with Crippen LogP contribution in [0.3, 0.4) is 0 Å². The van der Waals surface area contributed by atoms with E-state index in [1.54, 1.807) is 24.1 Å². The predicted octanol–water partition coefficient (Wildman–Crippen LogP) is 3.90. The zero-order chi connectivity index (χ0) is 18.7. The van der Waals surface area contributed by atoms with E-state index in [2.05, 4.69) is 5.32 Å². The average molecular weight is 350 g/mol. The first-order valence-corrected chi connectivity index (χ1v) is 8.54. The van der Waals surface area contributed by atoms with Crippen LogP contribution in [0.15, 0.2) is 59.0 Å². The molecule has 5 nitrogen and oxygen atoms in total. The number of benzene rings is 2. The minimum absolute atomic E-state index is 0.0791. The van der Waals surface area contributed by atoms with Gasteiger partial charge in [-0.25, -0.2) is 0 Å². The molecule has 1 N–H and O–H groups in total. The van der Waals surface area contributed by atoms with Crippen molar-refractivity contribution in [2.24, 2.45) is 0 Å². The highest BCUT2D eigenvalue weighted by atomic mass is 16.3. The lowest BCUT2D eigenvalue weighted by molar-refractivity contribution is -0.119. The molecule has 0 spiro atoms. The minimum Gasteiger partial charge on any atom is -0.459 e. The van der Waals surface area contributed by atoms with Gasteiger partial charge in [0.25, 0.3) is 5.91 Å². The monoisotopic (exact) mass is 350 g/mol. The van der Waals surface area contributed by atoms with Crippen molar-refractivity contribution in [1.82, 2.24) is 10.2 Å². The number of rotatable bonds is 5. The lowest BCUT2D eigenvalue weighted by Crippen LogP contribution is -2.29. The third kappa shape index (κ3) is 3.77. The fourth-order valence-electron chi connectivity index (χ4n) is 2.77. The molecule has 0 saturated heterocycles. The van der Waals surface area contributed by atoms with Gasteiger partial charge < -0.3 is 14.6 Å². The molecule has 26 heavy (non-hydrogen) atoms. The van der Waals surface area contributed by atoms with Crippen LogP contribution in [0, 0.1) is 0 Å². The second-order valence-electron chi connectivity index (χ2n) is 6.39. The van der Waals surface area contributed by atoms with Crippen molar-refractivity contribution in [3.63, 3.8) is 0 Å². The molecular formula is C21H22N2O3. The maximum absolute atomic E-state index is 12.8. The number of hydrogen-bond acceptors (Lipinski definition) is 3. The second kappa shape index (κ2) is 7.44. The van der Waals surface area contributed by atoms with Gasteiger partial charge in [0, 0.05) is 31.5 Å². The van der Waals surface area contributed by atoms with Crippen LogP contribution in [0.1, 0.15) is 41.6 Å². The zero-order valence-corrected chi connectivity index (χ0v) is 15.2. The molecule has 1 atom stereocenters. The normalized spacial score (nSPS) is 12.0. The van der Waals surface area contributed by atoms with Gasteiger partial charge in [-0.2, -0.15) is 0 Å². The van der Waals surface area contributed by atoms with E-state index in [9.17, 15) is 9.59 Å². The largest absolute Gasteiger partial charge is 0.459 e. The molecular weight excluding hydrogens is 328 g/mol. The number of carbonyl (C=O) groups excluding carboxylic acids is 2. The standard InChI is InChI=1S/C21H22N2O3/c1-14(20-12-18-6-4-5-7-19(18)26-20)23(3)21(25)17-10-8-16(9-11-17)13-22-15(2)24/h4-12,14H,13H2,1-3H3,(H,22,24). The Morgan fingerprint density at radius 3 is 2.46 bits per heavy atom. The summed E-state index contributed by atoms with van der Waals surface area (Å²) in [6.45, 7) is 3.88. The van der Waals surface area contributed by atoms with Gasteiger partial charge in [-0.15, -0.1) is 0 Å². The lowest BCUT2D eigenvalue weighted by Gasteiger charge is -2.23. The Labute approximate surface area is 152 Å². The maximum atomic E-state index is 12.8. The summed E-state index contributed by atoms with van der Waals surface area (Å²) >= 11 is 0. The fraction of sp³-hybridized carbons (Fsp3) is 0.238. The summed E-state index contributed by atoms with van der Waals surface area (Å²) in [6, 6.07) is 16.8. The number of fused-ring (bicyclic) bond motifs is 1. The van der Waals surface area contributed by atoms with Crippen LogP contribution in [0.2, 0.25) is 0 Å². The van der Waals surface area contributed by atoms with Crippen LogP contribution in [0.4, 0.5) is 0 Å². The summed E-state index contributed by atoms with van der Waals surface area (Å²) in [6.07, 6.45) is 0. The molecule has 1 heterocycles. The SMILES string of the molecule is CC(=O)NCc1ccc(C(=O)N(C)C(C)c2cc3ccccc3o2)cc1. The number of amides is 2. The summed E-state index contributed by atoms with van der Waals surface area (Å²) in [5, 5.41) is 3.76. The number of para-hydroxylation sites is 1. The first-order valence-electron chi connectivity index (χ1n) is 8.54. The van der Waals surface area contributed by atoms with Gasteiger partial charge in [-0.05, 0) is 36.8 Å². The van der Waals surface area contributed by atoms with Crippen molar-refractivity contribution in [3.8, 4) is 0 Å². The van der Waals surface area contributed by atoms with Crippen LogP contribution < -0.4 is 5.32 Å². The van der Waals surface area contributed by atoms with Gasteiger partial charge in [0.1, 0.15) is 11.3 Å². The summed E-state index contributed by atoms with van der Waals surface area (Å²) in [4.78, 5) is 25.4. The second-order valence-corrected chi connectivity index (χ2v) is 6.39. The van der Waals surface area contributed by atoms with Gasteiger partial charge in [0.15, 0.2) is 0 Å². The molecule has 0 radical (unpaired) electrons. The molecule has 5 heteroatoms. The molecule has 0 bridgehead atoms. The van der Waals surface area contributed by atoms with Crippen LogP contribution in [-0.4, -0.2) is 23.8 Å². The Kier molecular flexibility index (Phi) is 5.07. The van der Waals surface area contributed by atoms with Gasteiger partial charge in [0.2, 0.25) is 5.91 Å². The highest BCUT2D eigenvalue weighted by Crippen LogP contribution is 2.27. The molecule has 134 valence electrons. The highest BCUT2D eigenvalue weighted by Gasteiger charge is 2.21. The summed E-state index contributed by atoms with van der Waals surface area (Å²) in [5.74, 6) is 0.595. The molecule has 2 amide bonds. The molecule has 3 aromatic rings. The van der Waals surface area contributed by atoms with E-state index in [0.29, 0.717) is 12.1 Å². The summed E-state index contributed by atoms with van der Waals surface area (Å²) in [7, 11) is 1.77. The molecule has 1 aromatic heterocycles. The topological polar surface area (TPSA) is 62.6 Å². The van der Waals surface area contributed by atoms with Crippen molar-refractivity contribution in [2.45, 2.75) is 26.4 Å². The number of hydrogen-bond donors (Lipinski definition) is 1. The number of carbonyl (C=O) groups is 2. The smallest absolute Gasteiger partial charge is 0.254 e. The third-order valence-corrected chi connectivity index (χ3v) is 4.50. The van der Waals surface area contributed by atoms with E-state index < -0.39 is 0 Å². The Morgan fingerprint density at radius 2 is 1.81 bits per heavy atom. The Bertz CT molecular complexity index is 895. The van der Waals surface area contributed by atoms with Gasteiger partial charge in [-0.3, -0.25) is 9.59 Å². The van der Waals surface area contributed by atoms with Gasteiger partial charge in [0.05, 0.1) is 6.04 Å². The summed E-state index contributed by atoms with van der Waals surface area (Å²) < 4.78 is 5.88. The number of furan rings is 1. The average Bonchev–Trinajstić information content (AvgIpc) is 3.09. The highest BCUT2D eigenvalue weighted by molar-refractivity contribution is 5.94. The molecule has 0 saturated carbocycles. The Balaban J connectivity index is 1.72. The maximum Gasteiger partial charge on any atom is 0.254 e. The van der Waals surface area contributed by atoms with Crippen LogP contribution in [0.5, 0.6) is 0 Å². The third-order valence-electron chi connectivity index (χ3n) is 4.50. The first-order chi connectivity index (χ1) is 12.5. The number of nitrogens with zero attached hydrogens (tertiary/aromatic N) is 1. The lowest BCUT2D eigenvalue weighted by atomic mass is 10.1. The van der Waals surface area contributed by atoms with E-state index in [0.717, 1.165) is 22.3 Å². The van der Waals surface area contributed by atoms with E-state index in [-0.39, 0.29) is 17.9 Å². The van der Waals surface area contributed by atoms with Gasteiger partial charge >= 0.3 is 0 Å². The molecule has 2 aromatic carbocycles. The quantitative estimate of drug-likeness (QED) is 0.759. The fourth-order valence-corrected chi connectivity index (χ4v) is 2.77. The molecule has 0 aliphatic carbocycles. The van der Waals surface area contributed by atoms with E-state index in [1.165, 1.54) is 6.92 Å². The van der Waals surface area contributed by atoms with E-state index in [1.807, 2.05) is 49.4 Å². The first kappa shape index (κ1) is 17.7. The molecule has 3 rings (SSSR count). The Morgan fingerprint density at radius 1 is 1.12 bits per heavy atom. The van der Waals surface area contributed by atoms with Gasteiger partial charge in [-0.1, -0.05) is 30.3 Å². The molecule has 0 aliphatic rings. The van der Waals surface area contributed by atoms with E-state index >= 15 is 0 Å². The van der Waals surface area contributed by atoms with Crippen molar-refractivity contribution in [1.29, 1.82) is 0 Å². The van der Waals surface area contributed by atoms with Crippen molar-refractivity contribution >= 4 is 22.8 Å². The Hall–Kier alpha value is -3.08. The molecule has 0 fully saturated rings. The van der Waals surface area contributed by atoms with Crippen molar-refractivity contribution < 1.29 is 14.0 Å². The van der Waals surface area contributed by atoms with E-state index in [4.69, 9.17) is 4.42 Å². The van der Waals surface area contributed by atoms with Crippen LogP contribution in [0.25, 0.3) is 11.0 Å². The predicted molar refractivity (Wildman–Crippen MR) is 101 cm³/mol. The number of nitrogens with one attached hydrogen (secondary N) is 1. The van der Waals surface area contributed by atoms with Crippen molar-refractivity contribution in [3.05, 3.63) is 71.5 Å². The summed E-state index contributed by atoms with van der Waals surface area (Å²) in [5.41, 5.74) is 2.37.